The van der Waals surface area contributed by atoms with Crippen molar-refractivity contribution < 1.29 is 4.79 Å². The summed E-state index contributed by atoms with van der Waals surface area (Å²) in [4.78, 5) is 12.9. The Bertz CT molecular complexity index is 136. The second kappa shape index (κ2) is 2.60. The van der Waals surface area contributed by atoms with Crippen molar-refractivity contribution >= 4 is 5.91 Å². The molecular weight excluding hydrogens is 126 g/mol. The molecule has 1 aliphatic carbocycles. The fourth-order valence-electron chi connectivity index (χ4n) is 1.47. The van der Waals surface area contributed by atoms with Crippen molar-refractivity contribution in [2.45, 2.75) is 19.8 Å². The Morgan fingerprint density at radius 3 is 2.20 bits per heavy atom. The summed E-state index contributed by atoms with van der Waals surface area (Å²) in [6, 6.07) is 0. The number of rotatable bonds is 1. The van der Waals surface area contributed by atoms with Gasteiger partial charge in [0, 0.05) is 20.0 Å². The summed E-state index contributed by atoms with van der Waals surface area (Å²) < 4.78 is 0. The molecule has 0 radical (unpaired) electrons. The number of nitrogens with zero attached hydrogens (tertiary/aromatic N) is 1. The van der Waals surface area contributed by atoms with Gasteiger partial charge >= 0.3 is 0 Å². The molecule has 0 aromatic carbocycles. The lowest BCUT2D eigenvalue weighted by molar-refractivity contribution is -0.137. The Morgan fingerprint density at radius 1 is 1.40 bits per heavy atom. The first-order chi connectivity index (χ1) is 4.61. The van der Waals surface area contributed by atoms with Gasteiger partial charge in [-0.3, -0.25) is 4.79 Å². The third-order valence-corrected chi connectivity index (χ3v) is 2.16. The van der Waals surface area contributed by atoms with Crippen LogP contribution in [-0.4, -0.2) is 24.9 Å². The van der Waals surface area contributed by atoms with Crippen molar-refractivity contribution in [3.05, 3.63) is 0 Å². The zero-order valence-electron chi connectivity index (χ0n) is 6.92. The molecule has 0 aliphatic heterocycles. The van der Waals surface area contributed by atoms with Gasteiger partial charge in [0.15, 0.2) is 0 Å². The highest BCUT2D eigenvalue weighted by molar-refractivity contribution is 5.79. The minimum atomic E-state index is 0.304. The summed E-state index contributed by atoms with van der Waals surface area (Å²) in [6.45, 7) is 2.19. The maximum Gasteiger partial charge on any atom is 0.225 e. The van der Waals surface area contributed by atoms with Crippen LogP contribution in [0.4, 0.5) is 0 Å². The molecule has 10 heavy (non-hydrogen) atoms. The third-order valence-electron chi connectivity index (χ3n) is 2.16. The monoisotopic (exact) mass is 141 g/mol. The second-order valence-corrected chi connectivity index (χ2v) is 3.51. The molecule has 1 rings (SSSR count). The number of carbonyl (C=O) groups excluding carboxylic acids is 1. The van der Waals surface area contributed by atoms with Gasteiger partial charge in [-0.2, -0.15) is 0 Å². The van der Waals surface area contributed by atoms with E-state index in [1.54, 1.807) is 4.90 Å². The first-order valence-corrected chi connectivity index (χ1v) is 3.82. The molecule has 0 N–H and O–H groups in total. The molecule has 1 saturated carbocycles. The van der Waals surface area contributed by atoms with E-state index in [1.807, 2.05) is 14.1 Å². The normalized spacial score (nSPS) is 31.1. The molecule has 58 valence electrons. The van der Waals surface area contributed by atoms with E-state index < -0.39 is 0 Å². The van der Waals surface area contributed by atoms with Gasteiger partial charge in [-0.05, 0) is 18.8 Å². The van der Waals surface area contributed by atoms with Crippen molar-refractivity contribution in [3.8, 4) is 0 Å². The van der Waals surface area contributed by atoms with Gasteiger partial charge in [0.2, 0.25) is 5.91 Å². The standard InChI is InChI=1S/C8H15NO/c1-6-4-7(5-6)8(10)9(2)3/h6-7H,4-5H2,1-3H3. The van der Waals surface area contributed by atoms with Gasteiger partial charge < -0.3 is 4.90 Å². The van der Waals surface area contributed by atoms with E-state index in [4.69, 9.17) is 0 Å². The van der Waals surface area contributed by atoms with Crippen LogP contribution < -0.4 is 0 Å². The smallest absolute Gasteiger partial charge is 0.225 e. The van der Waals surface area contributed by atoms with Crippen LogP contribution in [0, 0.1) is 11.8 Å². The van der Waals surface area contributed by atoms with E-state index >= 15 is 0 Å². The number of carbonyl (C=O) groups is 1. The van der Waals surface area contributed by atoms with Crippen molar-refractivity contribution in [2.75, 3.05) is 14.1 Å². The van der Waals surface area contributed by atoms with Gasteiger partial charge in [-0.15, -0.1) is 0 Å². The molecule has 0 saturated heterocycles. The van der Waals surface area contributed by atoms with Crippen molar-refractivity contribution in [3.63, 3.8) is 0 Å². The topological polar surface area (TPSA) is 20.3 Å². The molecule has 1 fully saturated rings. The molecule has 0 bridgehead atoms. The van der Waals surface area contributed by atoms with Crippen molar-refractivity contribution in [1.82, 2.24) is 4.90 Å². The molecule has 0 aromatic heterocycles. The number of amides is 1. The van der Waals surface area contributed by atoms with E-state index in [9.17, 15) is 4.79 Å². The van der Waals surface area contributed by atoms with Crippen LogP contribution in [-0.2, 0) is 4.79 Å². The third kappa shape index (κ3) is 1.31. The average Bonchev–Trinajstić information content (AvgIpc) is 1.79. The van der Waals surface area contributed by atoms with Crippen LogP contribution >= 0.6 is 0 Å². The van der Waals surface area contributed by atoms with Gasteiger partial charge in [0.1, 0.15) is 0 Å². The lowest BCUT2D eigenvalue weighted by Crippen LogP contribution is -2.37. The molecule has 0 atom stereocenters. The largest absolute Gasteiger partial charge is 0.349 e. The lowest BCUT2D eigenvalue weighted by Gasteiger charge is -2.33. The molecule has 1 amide bonds. The van der Waals surface area contributed by atoms with E-state index in [2.05, 4.69) is 6.92 Å². The lowest BCUT2D eigenvalue weighted by atomic mass is 9.75. The number of hydrogen-bond donors (Lipinski definition) is 0. The zero-order chi connectivity index (χ0) is 7.72. The SMILES string of the molecule is CC1CC(C(=O)N(C)C)C1. The Kier molecular flexibility index (Phi) is 1.97. The van der Waals surface area contributed by atoms with E-state index in [0.29, 0.717) is 11.8 Å². The predicted molar refractivity (Wildman–Crippen MR) is 40.6 cm³/mol. The zero-order valence-corrected chi connectivity index (χ0v) is 6.92. The molecule has 2 heteroatoms. The van der Waals surface area contributed by atoms with Gasteiger partial charge in [-0.25, -0.2) is 0 Å². The minimum absolute atomic E-state index is 0.304. The summed E-state index contributed by atoms with van der Waals surface area (Å²) in [5, 5.41) is 0. The summed E-state index contributed by atoms with van der Waals surface area (Å²) >= 11 is 0. The molecule has 1 aliphatic rings. The molecule has 0 aromatic rings. The van der Waals surface area contributed by atoms with Crippen molar-refractivity contribution in [1.29, 1.82) is 0 Å². The Labute approximate surface area is 62.2 Å². The highest BCUT2D eigenvalue weighted by Gasteiger charge is 2.31. The first-order valence-electron chi connectivity index (χ1n) is 3.82. The average molecular weight is 141 g/mol. The fraction of sp³-hybridized carbons (Fsp3) is 0.875. The maximum absolute atomic E-state index is 11.2. The van der Waals surface area contributed by atoms with Gasteiger partial charge in [-0.1, -0.05) is 6.92 Å². The fourth-order valence-corrected chi connectivity index (χ4v) is 1.47. The summed E-state index contributed by atoms with van der Waals surface area (Å²) in [7, 11) is 3.65. The highest BCUT2D eigenvalue weighted by atomic mass is 16.2. The van der Waals surface area contributed by atoms with Crippen LogP contribution in [0.1, 0.15) is 19.8 Å². The van der Waals surface area contributed by atoms with Crippen LogP contribution in [0.3, 0.4) is 0 Å². The summed E-state index contributed by atoms with van der Waals surface area (Å²) in [5.41, 5.74) is 0. The molecule has 0 heterocycles. The van der Waals surface area contributed by atoms with Crippen LogP contribution in [0.15, 0.2) is 0 Å². The van der Waals surface area contributed by atoms with Crippen LogP contribution in [0.2, 0.25) is 0 Å². The molecular formula is C8H15NO. The minimum Gasteiger partial charge on any atom is -0.349 e. The Balaban J connectivity index is 2.31. The molecule has 0 unspecified atom stereocenters. The highest BCUT2D eigenvalue weighted by Crippen LogP contribution is 2.33. The molecule has 0 spiro atoms. The summed E-state index contributed by atoms with van der Waals surface area (Å²) in [5.74, 6) is 1.41. The summed E-state index contributed by atoms with van der Waals surface area (Å²) in [6.07, 6.45) is 2.19. The second-order valence-electron chi connectivity index (χ2n) is 3.51. The first kappa shape index (κ1) is 7.58. The van der Waals surface area contributed by atoms with Gasteiger partial charge in [0.05, 0.1) is 0 Å². The van der Waals surface area contributed by atoms with Crippen LogP contribution in [0.5, 0.6) is 0 Å². The quantitative estimate of drug-likeness (QED) is 0.536. The predicted octanol–water partition coefficient (Wildman–Crippen LogP) is 1.12. The number of hydrogen-bond acceptors (Lipinski definition) is 1. The molecule has 2 nitrogen and oxygen atoms in total. The van der Waals surface area contributed by atoms with Crippen LogP contribution in [0.25, 0.3) is 0 Å². The van der Waals surface area contributed by atoms with Crippen molar-refractivity contribution in [2.24, 2.45) is 11.8 Å². The Hall–Kier alpha value is -0.530. The van der Waals surface area contributed by atoms with E-state index in [-0.39, 0.29) is 0 Å². The Morgan fingerprint density at radius 2 is 1.90 bits per heavy atom. The maximum atomic E-state index is 11.2. The van der Waals surface area contributed by atoms with E-state index in [1.165, 1.54) is 0 Å². The van der Waals surface area contributed by atoms with E-state index in [0.717, 1.165) is 18.8 Å². The van der Waals surface area contributed by atoms with Gasteiger partial charge in [0.25, 0.3) is 0 Å².